The summed E-state index contributed by atoms with van der Waals surface area (Å²) < 4.78 is 30.8. The van der Waals surface area contributed by atoms with E-state index in [2.05, 4.69) is 16.0 Å². The molecule has 1 fully saturated rings. The molecule has 5 amide bonds. The number of aromatic nitrogens is 1. The lowest BCUT2D eigenvalue weighted by Crippen LogP contribution is -2.50. The second-order valence-electron chi connectivity index (χ2n) is 8.48. The lowest BCUT2D eigenvalue weighted by Gasteiger charge is -2.24. The van der Waals surface area contributed by atoms with E-state index in [1.54, 1.807) is 24.3 Å². The Morgan fingerprint density at radius 1 is 1.14 bits per heavy atom. The van der Waals surface area contributed by atoms with Gasteiger partial charge in [-0.1, -0.05) is 41.9 Å². The summed E-state index contributed by atoms with van der Waals surface area (Å²) in [4.78, 5) is 50.6. The van der Waals surface area contributed by atoms with Crippen LogP contribution < -0.4 is 21.7 Å². The van der Waals surface area contributed by atoms with E-state index in [1.807, 2.05) is 0 Å². The van der Waals surface area contributed by atoms with E-state index >= 15 is 4.39 Å². The number of nitrogens with zero attached hydrogens (tertiary/aromatic N) is 2. The van der Waals surface area contributed by atoms with Gasteiger partial charge in [-0.05, 0) is 12.1 Å². The maximum atomic E-state index is 15.4. The van der Waals surface area contributed by atoms with Crippen LogP contribution in [0.15, 0.2) is 48.7 Å². The van der Waals surface area contributed by atoms with Crippen molar-refractivity contribution in [1.82, 2.24) is 20.1 Å². The summed E-state index contributed by atoms with van der Waals surface area (Å²) in [6.07, 6.45) is -0.637. The van der Waals surface area contributed by atoms with Crippen LogP contribution in [-0.4, -0.2) is 58.1 Å². The van der Waals surface area contributed by atoms with Gasteiger partial charge in [-0.3, -0.25) is 14.2 Å². The van der Waals surface area contributed by atoms with Crippen molar-refractivity contribution in [1.29, 1.82) is 0 Å². The van der Waals surface area contributed by atoms with Gasteiger partial charge in [-0.25, -0.2) is 18.4 Å². The number of fused-ring (bicyclic) bond motifs is 1. The Morgan fingerprint density at radius 2 is 1.86 bits per heavy atom. The number of halogens is 3. The molecule has 1 aromatic heterocycles. The fraction of sp³-hybridized carbons (Fsp3) is 0.250. The third kappa shape index (κ3) is 5.19. The molecule has 1 aliphatic heterocycles. The topological polar surface area (TPSA) is 139 Å². The average Bonchev–Trinajstić information content (AvgIpc) is 3.37. The normalized spacial score (nSPS) is 19.0. The first kappa shape index (κ1) is 25.9. The number of likely N-dealkylation sites (tertiary alicyclic amines) is 1. The molecule has 10 nitrogen and oxygen atoms in total. The van der Waals surface area contributed by atoms with Crippen LogP contribution in [0.4, 0.5) is 24.1 Å². The molecule has 0 radical (unpaired) electrons. The Balaban J connectivity index is 1.59. The van der Waals surface area contributed by atoms with Gasteiger partial charge in [0, 0.05) is 37.2 Å². The SMILES string of the molecule is CC(=O)N[C@@H]1CN(C(=O)Nc2cn(C(N)=O)c3ccccc23)[C@H](C(=O)NCc2cccc(Cl)c2F)[C@H]1F. The monoisotopic (exact) mass is 532 g/mol. The number of benzene rings is 2. The van der Waals surface area contributed by atoms with Crippen LogP contribution in [0.3, 0.4) is 0 Å². The number of nitrogens with two attached hydrogens (primary N) is 1. The minimum atomic E-state index is -1.95. The van der Waals surface area contributed by atoms with Crippen molar-refractivity contribution in [2.45, 2.75) is 31.7 Å². The first-order chi connectivity index (χ1) is 17.6. The van der Waals surface area contributed by atoms with Crippen LogP contribution >= 0.6 is 11.6 Å². The number of urea groups is 1. The fourth-order valence-electron chi connectivity index (χ4n) is 4.32. The van der Waals surface area contributed by atoms with Crippen LogP contribution in [0.5, 0.6) is 0 Å². The van der Waals surface area contributed by atoms with Crippen LogP contribution in [0.1, 0.15) is 12.5 Å². The number of nitrogens with one attached hydrogen (secondary N) is 3. The van der Waals surface area contributed by atoms with E-state index in [4.69, 9.17) is 17.3 Å². The van der Waals surface area contributed by atoms with Gasteiger partial charge in [0.2, 0.25) is 11.8 Å². The highest BCUT2D eigenvalue weighted by Gasteiger charge is 2.49. The second-order valence-corrected chi connectivity index (χ2v) is 8.88. The molecule has 1 aliphatic rings. The molecule has 0 saturated carbocycles. The maximum Gasteiger partial charge on any atom is 0.323 e. The van der Waals surface area contributed by atoms with Gasteiger partial charge in [0.05, 0.1) is 22.3 Å². The smallest absolute Gasteiger partial charge is 0.323 e. The Kier molecular flexibility index (Phi) is 7.30. The number of hydrogen-bond acceptors (Lipinski definition) is 4. The lowest BCUT2D eigenvalue weighted by atomic mass is 10.1. The van der Waals surface area contributed by atoms with Crippen molar-refractivity contribution in [2.75, 3.05) is 11.9 Å². The van der Waals surface area contributed by atoms with Gasteiger partial charge in [0.15, 0.2) is 6.17 Å². The first-order valence-corrected chi connectivity index (χ1v) is 11.6. The Hall–Kier alpha value is -4.19. The summed E-state index contributed by atoms with van der Waals surface area (Å²) in [5.41, 5.74) is 6.13. The molecular formula is C24H23ClF2N6O4. The van der Waals surface area contributed by atoms with Gasteiger partial charge >= 0.3 is 12.1 Å². The number of rotatable bonds is 5. The molecule has 0 unspecified atom stereocenters. The third-order valence-corrected chi connectivity index (χ3v) is 6.30. The van der Waals surface area contributed by atoms with Crippen molar-refractivity contribution in [3.8, 4) is 0 Å². The molecule has 3 atom stereocenters. The van der Waals surface area contributed by atoms with Crippen molar-refractivity contribution in [2.24, 2.45) is 5.73 Å². The number of amides is 5. The molecule has 37 heavy (non-hydrogen) atoms. The summed E-state index contributed by atoms with van der Waals surface area (Å²) in [6, 6.07) is 6.47. The van der Waals surface area contributed by atoms with E-state index in [0.29, 0.717) is 10.9 Å². The summed E-state index contributed by atoms with van der Waals surface area (Å²) in [5.74, 6) is -2.17. The molecule has 2 heterocycles. The van der Waals surface area contributed by atoms with E-state index in [9.17, 15) is 23.6 Å². The Labute approximate surface area is 214 Å². The molecule has 194 valence electrons. The van der Waals surface area contributed by atoms with Gasteiger partial charge in [0.1, 0.15) is 11.9 Å². The average molecular weight is 533 g/mol. The number of carbonyl (C=O) groups excluding carboxylic acids is 4. The number of alkyl halides is 1. The minimum Gasteiger partial charge on any atom is -0.351 e. The molecule has 0 bridgehead atoms. The first-order valence-electron chi connectivity index (χ1n) is 11.2. The highest BCUT2D eigenvalue weighted by molar-refractivity contribution is 6.30. The zero-order valence-corrected chi connectivity index (χ0v) is 20.3. The molecule has 0 aliphatic carbocycles. The number of primary amides is 1. The van der Waals surface area contributed by atoms with Crippen molar-refractivity contribution in [3.05, 3.63) is 65.1 Å². The van der Waals surface area contributed by atoms with Crippen molar-refractivity contribution >= 4 is 52.1 Å². The predicted molar refractivity (Wildman–Crippen MR) is 132 cm³/mol. The number of carbonyl (C=O) groups is 4. The zero-order chi connectivity index (χ0) is 26.9. The summed E-state index contributed by atoms with van der Waals surface area (Å²) in [5, 5.41) is 7.78. The third-order valence-electron chi connectivity index (χ3n) is 6.01. The summed E-state index contributed by atoms with van der Waals surface area (Å²) in [6.45, 7) is 0.566. The van der Waals surface area contributed by atoms with E-state index < -0.39 is 47.9 Å². The number of para-hydroxylation sites is 1. The largest absolute Gasteiger partial charge is 0.351 e. The predicted octanol–water partition coefficient (Wildman–Crippen LogP) is 2.74. The van der Waals surface area contributed by atoms with Crippen molar-refractivity contribution in [3.63, 3.8) is 0 Å². The summed E-state index contributed by atoms with van der Waals surface area (Å²) >= 11 is 5.77. The van der Waals surface area contributed by atoms with E-state index in [1.165, 1.54) is 31.3 Å². The zero-order valence-electron chi connectivity index (χ0n) is 19.5. The highest BCUT2D eigenvalue weighted by atomic mass is 35.5. The molecule has 5 N–H and O–H groups in total. The molecule has 0 spiro atoms. The molecule has 1 saturated heterocycles. The van der Waals surface area contributed by atoms with Crippen LogP contribution in [-0.2, 0) is 16.1 Å². The van der Waals surface area contributed by atoms with Gasteiger partial charge in [-0.15, -0.1) is 0 Å². The van der Waals surface area contributed by atoms with Gasteiger partial charge in [-0.2, -0.15) is 0 Å². The van der Waals surface area contributed by atoms with Crippen LogP contribution in [0.2, 0.25) is 5.02 Å². The second kappa shape index (κ2) is 10.4. The fourth-order valence-corrected chi connectivity index (χ4v) is 4.51. The maximum absolute atomic E-state index is 15.4. The standard InChI is InChI=1S/C24H23ClF2N6O4/c1-12(34)30-17-11-33(21(20(17)27)22(35)29-9-13-5-4-7-15(25)19(13)26)24(37)31-16-10-32(23(28)36)18-8-3-2-6-14(16)18/h2-8,10,17,20-21H,9,11H2,1H3,(H2,28,36)(H,29,35)(H,30,34)(H,31,37)/t17-,20+,21+/m1/s1. The Bertz CT molecular complexity index is 1400. The molecule has 13 heteroatoms. The minimum absolute atomic E-state index is 0.0722. The summed E-state index contributed by atoms with van der Waals surface area (Å²) in [7, 11) is 0. The quantitative estimate of drug-likeness (QED) is 0.401. The number of hydrogen-bond donors (Lipinski definition) is 4. The van der Waals surface area contributed by atoms with Crippen LogP contribution in [0.25, 0.3) is 10.9 Å². The number of anilines is 1. The highest BCUT2D eigenvalue weighted by Crippen LogP contribution is 2.28. The Morgan fingerprint density at radius 3 is 2.57 bits per heavy atom. The van der Waals surface area contributed by atoms with Crippen LogP contribution in [0, 0.1) is 5.82 Å². The van der Waals surface area contributed by atoms with Gasteiger partial charge in [0.25, 0.3) is 0 Å². The van der Waals surface area contributed by atoms with Crippen molar-refractivity contribution < 1.29 is 28.0 Å². The molecule has 2 aromatic carbocycles. The lowest BCUT2D eigenvalue weighted by molar-refractivity contribution is -0.126. The molecular weight excluding hydrogens is 510 g/mol. The van der Waals surface area contributed by atoms with E-state index in [0.717, 1.165) is 9.47 Å². The van der Waals surface area contributed by atoms with E-state index in [-0.39, 0.29) is 29.4 Å². The molecule has 3 aromatic rings. The van der Waals surface area contributed by atoms with Gasteiger partial charge < -0.3 is 26.6 Å². The molecule has 4 rings (SSSR count).